The van der Waals surface area contributed by atoms with Crippen molar-refractivity contribution in [2.75, 3.05) is 12.3 Å². The molecular formula is C13H16F3NO2S. The molecule has 1 aromatic carbocycles. The van der Waals surface area contributed by atoms with Gasteiger partial charge in [-0.1, -0.05) is 6.92 Å². The highest BCUT2D eigenvalue weighted by atomic mass is 32.2. The lowest BCUT2D eigenvalue weighted by molar-refractivity contribution is 0.0217. The zero-order valence-corrected chi connectivity index (χ0v) is 11.8. The van der Waals surface area contributed by atoms with Gasteiger partial charge in [0.1, 0.15) is 11.4 Å². The van der Waals surface area contributed by atoms with Crippen LogP contribution in [0.25, 0.3) is 0 Å². The second kappa shape index (κ2) is 5.37. The van der Waals surface area contributed by atoms with Crippen molar-refractivity contribution in [3.63, 3.8) is 0 Å². The fourth-order valence-electron chi connectivity index (χ4n) is 2.50. The zero-order chi connectivity index (χ0) is 15.0. The molecule has 1 N–H and O–H groups in total. The molecule has 0 aromatic heterocycles. The quantitative estimate of drug-likeness (QED) is 0.869. The molecule has 0 spiro atoms. The maximum Gasteiger partial charge on any atom is 0.260 e. The summed E-state index contributed by atoms with van der Waals surface area (Å²) >= 11 is 0. The molecule has 2 rings (SSSR count). The fourth-order valence-corrected chi connectivity index (χ4v) is 4.16. The molecule has 1 unspecified atom stereocenters. The number of hydrogen-bond acceptors (Lipinski definition) is 3. The van der Waals surface area contributed by atoms with E-state index < -0.39 is 27.6 Å². The summed E-state index contributed by atoms with van der Waals surface area (Å²) in [5.74, 6) is -1.09. The van der Waals surface area contributed by atoms with E-state index >= 15 is 0 Å². The molecule has 0 saturated carbocycles. The van der Waals surface area contributed by atoms with E-state index in [4.69, 9.17) is 0 Å². The standard InChI is InChI=1S/C13H16F3NO2S/c1-2-6-17-13(12(15)16)5-7-20(18,19)11-4-3-9(14)8-10(11)13/h3-4,8,12,17H,2,5-7H2,1H3. The Bertz CT molecular complexity index is 604. The highest BCUT2D eigenvalue weighted by Crippen LogP contribution is 2.41. The number of halogens is 3. The van der Waals surface area contributed by atoms with Gasteiger partial charge in [-0.2, -0.15) is 0 Å². The second-order valence-corrected chi connectivity index (χ2v) is 6.99. The summed E-state index contributed by atoms with van der Waals surface area (Å²) < 4.78 is 64.5. The SMILES string of the molecule is CCCNC1(C(F)F)CCS(=O)(=O)c2ccc(F)cc21. The Morgan fingerprint density at radius 3 is 2.70 bits per heavy atom. The van der Waals surface area contributed by atoms with Crippen molar-refractivity contribution in [3.8, 4) is 0 Å². The molecule has 0 bridgehead atoms. The maximum atomic E-state index is 13.6. The van der Waals surface area contributed by atoms with Crippen LogP contribution >= 0.6 is 0 Å². The molecule has 1 heterocycles. The van der Waals surface area contributed by atoms with Crippen LogP contribution in [0.15, 0.2) is 23.1 Å². The summed E-state index contributed by atoms with van der Waals surface area (Å²) in [5.41, 5.74) is -1.95. The normalized spacial score (nSPS) is 24.6. The molecule has 1 atom stereocenters. The average molecular weight is 307 g/mol. The molecule has 7 heteroatoms. The maximum absolute atomic E-state index is 13.6. The first-order valence-electron chi connectivity index (χ1n) is 6.39. The van der Waals surface area contributed by atoms with E-state index in [2.05, 4.69) is 5.32 Å². The molecule has 1 aliphatic heterocycles. The van der Waals surface area contributed by atoms with E-state index in [1.54, 1.807) is 0 Å². The first kappa shape index (κ1) is 15.3. The molecule has 1 aliphatic rings. The minimum Gasteiger partial charge on any atom is -0.303 e. The molecule has 3 nitrogen and oxygen atoms in total. The van der Waals surface area contributed by atoms with Crippen LogP contribution < -0.4 is 5.32 Å². The third-order valence-corrected chi connectivity index (χ3v) is 5.35. The molecule has 0 saturated heterocycles. The minimum absolute atomic E-state index is 0.160. The first-order chi connectivity index (χ1) is 9.33. The Balaban J connectivity index is 2.64. The van der Waals surface area contributed by atoms with Crippen molar-refractivity contribution in [2.45, 2.75) is 36.6 Å². The zero-order valence-electron chi connectivity index (χ0n) is 11.0. The van der Waals surface area contributed by atoms with E-state index in [1.165, 1.54) is 0 Å². The van der Waals surface area contributed by atoms with E-state index in [-0.39, 0.29) is 22.6 Å². The number of alkyl halides is 2. The van der Waals surface area contributed by atoms with E-state index in [9.17, 15) is 21.6 Å². The van der Waals surface area contributed by atoms with Crippen molar-refractivity contribution in [2.24, 2.45) is 0 Å². The van der Waals surface area contributed by atoms with Gasteiger partial charge in [-0.3, -0.25) is 0 Å². The summed E-state index contributed by atoms with van der Waals surface area (Å²) in [4.78, 5) is -0.200. The van der Waals surface area contributed by atoms with Crippen molar-refractivity contribution in [3.05, 3.63) is 29.6 Å². The lowest BCUT2D eigenvalue weighted by atomic mass is 9.86. The van der Waals surface area contributed by atoms with Crippen molar-refractivity contribution >= 4 is 9.84 Å². The highest BCUT2D eigenvalue weighted by Gasteiger charge is 2.48. The van der Waals surface area contributed by atoms with Crippen LogP contribution in [0.3, 0.4) is 0 Å². The van der Waals surface area contributed by atoms with Crippen LogP contribution in [0.5, 0.6) is 0 Å². The van der Waals surface area contributed by atoms with Gasteiger partial charge < -0.3 is 5.32 Å². The molecule has 0 aliphatic carbocycles. The van der Waals surface area contributed by atoms with E-state index in [0.29, 0.717) is 13.0 Å². The molecule has 0 amide bonds. The van der Waals surface area contributed by atoms with Gasteiger partial charge in [0.15, 0.2) is 9.84 Å². The Kier molecular flexibility index (Phi) is 4.11. The summed E-state index contributed by atoms with van der Waals surface area (Å²) in [6.07, 6.45) is -2.46. The van der Waals surface area contributed by atoms with E-state index in [0.717, 1.165) is 18.2 Å². The van der Waals surface area contributed by atoms with Crippen LogP contribution in [-0.4, -0.2) is 27.1 Å². The van der Waals surface area contributed by atoms with Gasteiger partial charge in [0, 0.05) is 0 Å². The molecule has 20 heavy (non-hydrogen) atoms. The van der Waals surface area contributed by atoms with Gasteiger partial charge in [0.2, 0.25) is 0 Å². The van der Waals surface area contributed by atoms with Crippen LogP contribution in [-0.2, 0) is 15.4 Å². The van der Waals surface area contributed by atoms with Gasteiger partial charge in [0.25, 0.3) is 6.43 Å². The monoisotopic (exact) mass is 307 g/mol. The Morgan fingerprint density at radius 1 is 1.40 bits per heavy atom. The summed E-state index contributed by atoms with van der Waals surface area (Å²) in [5, 5.41) is 2.72. The van der Waals surface area contributed by atoms with Gasteiger partial charge in [-0.05, 0) is 43.1 Å². The number of fused-ring (bicyclic) bond motifs is 1. The number of nitrogens with one attached hydrogen (secondary N) is 1. The number of hydrogen-bond donors (Lipinski definition) is 1. The third-order valence-electron chi connectivity index (χ3n) is 3.59. The van der Waals surface area contributed by atoms with Gasteiger partial charge in [-0.15, -0.1) is 0 Å². The van der Waals surface area contributed by atoms with Crippen LogP contribution in [0, 0.1) is 5.82 Å². The predicted octanol–water partition coefficient (Wildman–Crippen LogP) is 2.46. The molecule has 0 fully saturated rings. The van der Waals surface area contributed by atoms with Crippen LogP contribution in [0.2, 0.25) is 0 Å². The topological polar surface area (TPSA) is 46.2 Å². The molecule has 112 valence electrons. The predicted molar refractivity (Wildman–Crippen MR) is 69.0 cm³/mol. The number of sulfone groups is 1. The van der Waals surface area contributed by atoms with Crippen LogP contribution in [0.1, 0.15) is 25.3 Å². The van der Waals surface area contributed by atoms with Crippen LogP contribution in [0.4, 0.5) is 13.2 Å². The Hall–Kier alpha value is -1.08. The van der Waals surface area contributed by atoms with Crippen molar-refractivity contribution in [1.82, 2.24) is 5.32 Å². The van der Waals surface area contributed by atoms with E-state index in [1.807, 2.05) is 6.92 Å². The lowest BCUT2D eigenvalue weighted by Crippen LogP contribution is -2.52. The lowest BCUT2D eigenvalue weighted by Gasteiger charge is -2.39. The second-order valence-electron chi connectivity index (χ2n) is 4.91. The van der Waals surface area contributed by atoms with Crippen molar-refractivity contribution < 1.29 is 21.6 Å². The number of rotatable bonds is 4. The average Bonchev–Trinajstić information content (AvgIpc) is 2.37. The third kappa shape index (κ3) is 2.44. The molecule has 1 aromatic rings. The summed E-state index contributed by atoms with van der Waals surface area (Å²) in [7, 11) is -3.63. The first-order valence-corrected chi connectivity index (χ1v) is 8.04. The molecule has 0 radical (unpaired) electrons. The smallest absolute Gasteiger partial charge is 0.260 e. The fraction of sp³-hybridized carbons (Fsp3) is 0.538. The Morgan fingerprint density at radius 2 is 2.10 bits per heavy atom. The van der Waals surface area contributed by atoms with Crippen molar-refractivity contribution in [1.29, 1.82) is 0 Å². The number of benzene rings is 1. The van der Waals surface area contributed by atoms with Gasteiger partial charge in [0.05, 0.1) is 10.6 Å². The summed E-state index contributed by atoms with van der Waals surface area (Å²) in [6, 6.07) is 2.96. The highest BCUT2D eigenvalue weighted by molar-refractivity contribution is 7.91. The minimum atomic E-state index is -3.63. The summed E-state index contributed by atoms with van der Waals surface area (Å²) in [6.45, 7) is 2.12. The van der Waals surface area contributed by atoms with Gasteiger partial charge >= 0.3 is 0 Å². The van der Waals surface area contributed by atoms with Gasteiger partial charge in [-0.25, -0.2) is 21.6 Å². The molecular weight excluding hydrogens is 291 g/mol. The Labute approximate surface area is 116 Å². The largest absolute Gasteiger partial charge is 0.303 e.